The van der Waals surface area contributed by atoms with Crippen LogP contribution in [-0.2, 0) is 5.41 Å². The molecule has 1 amide bonds. The van der Waals surface area contributed by atoms with Crippen molar-refractivity contribution in [3.05, 3.63) is 45.8 Å². The van der Waals surface area contributed by atoms with E-state index < -0.39 is 5.82 Å². The lowest BCUT2D eigenvalue weighted by Gasteiger charge is -2.30. The number of aromatic nitrogens is 4. The fourth-order valence-electron chi connectivity index (χ4n) is 5.14. The number of piperidine rings is 1. The monoisotopic (exact) mass is 479 g/mol. The van der Waals surface area contributed by atoms with E-state index in [1.807, 2.05) is 26.1 Å². The molecule has 34 heavy (non-hydrogen) atoms. The summed E-state index contributed by atoms with van der Waals surface area (Å²) in [6.45, 7) is 4.60. The average Bonchev–Trinajstić information content (AvgIpc) is 3.53. The predicted octanol–water partition coefficient (Wildman–Crippen LogP) is 3.77. The zero-order valence-corrected chi connectivity index (χ0v) is 20.0. The van der Waals surface area contributed by atoms with Gasteiger partial charge in [-0.2, -0.15) is 5.10 Å². The molecule has 2 N–H and O–H groups in total. The van der Waals surface area contributed by atoms with Crippen molar-refractivity contribution in [2.24, 2.45) is 0 Å². The van der Waals surface area contributed by atoms with Crippen LogP contribution in [0.4, 0.5) is 16.2 Å². The molecule has 5 heterocycles. The van der Waals surface area contributed by atoms with Gasteiger partial charge in [0.15, 0.2) is 11.6 Å². The normalized spacial score (nSPS) is 19.4. The van der Waals surface area contributed by atoms with Gasteiger partial charge < -0.3 is 15.5 Å². The quantitative estimate of drug-likeness (QED) is 0.588. The molecule has 1 spiro atoms. The standard InChI is InChI=1S/C24H26FN7OS/c1-13-18-21(24(7-8-24)12-32(2)22(18)33)34-20(13)19-15(25)11-27-23(29-19)28-17-4-3-16(30-31-17)14-5-9-26-10-6-14/h3-4,11,14,26H,5-10,12H2,1-2H3,(H,27,28,29,31). The molecular formula is C24H26FN7OS. The van der Waals surface area contributed by atoms with Crippen LogP contribution < -0.4 is 10.6 Å². The Bertz CT molecular complexity index is 1270. The molecule has 8 nitrogen and oxygen atoms in total. The van der Waals surface area contributed by atoms with Crippen molar-refractivity contribution in [1.29, 1.82) is 0 Å². The van der Waals surface area contributed by atoms with Crippen LogP contribution in [0.3, 0.4) is 0 Å². The fraction of sp³-hybridized carbons (Fsp3) is 0.458. The molecule has 0 bridgehead atoms. The van der Waals surface area contributed by atoms with Gasteiger partial charge in [0.05, 0.1) is 22.3 Å². The van der Waals surface area contributed by atoms with Gasteiger partial charge in [-0.05, 0) is 63.4 Å². The maximum atomic E-state index is 14.9. The number of anilines is 2. The van der Waals surface area contributed by atoms with Crippen LogP contribution in [0.25, 0.3) is 10.6 Å². The van der Waals surface area contributed by atoms with E-state index in [2.05, 4.69) is 30.8 Å². The van der Waals surface area contributed by atoms with Crippen molar-refractivity contribution >= 4 is 29.0 Å². The highest BCUT2D eigenvalue weighted by Crippen LogP contribution is 2.57. The Labute approximate surface area is 201 Å². The molecule has 1 saturated heterocycles. The van der Waals surface area contributed by atoms with Crippen LogP contribution in [0.15, 0.2) is 18.3 Å². The zero-order valence-electron chi connectivity index (χ0n) is 19.2. The van der Waals surface area contributed by atoms with Gasteiger partial charge in [0.1, 0.15) is 5.69 Å². The van der Waals surface area contributed by atoms with Crippen molar-refractivity contribution < 1.29 is 9.18 Å². The zero-order chi connectivity index (χ0) is 23.4. The predicted molar refractivity (Wildman–Crippen MR) is 128 cm³/mol. The Balaban J connectivity index is 1.30. The highest BCUT2D eigenvalue weighted by Gasteiger charge is 2.53. The molecule has 2 fully saturated rings. The molecule has 1 saturated carbocycles. The summed E-state index contributed by atoms with van der Waals surface area (Å²) >= 11 is 1.50. The molecule has 0 atom stereocenters. The first-order chi connectivity index (χ1) is 16.4. The summed E-state index contributed by atoms with van der Waals surface area (Å²) in [5.41, 5.74) is 2.73. The highest BCUT2D eigenvalue weighted by molar-refractivity contribution is 7.16. The molecule has 3 aromatic rings. The molecule has 0 radical (unpaired) electrons. The molecule has 2 aliphatic heterocycles. The Morgan fingerprint density at radius 2 is 2.03 bits per heavy atom. The van der Waals surface area contributed by atoms with Crippen LogP contribution in [0, 0.1) is 12.7 Å². The Morgan fingerprint density at radius 1 is 1.24 bits per heavy atom. The third-order valence-corrected chi connectivity index (χ3v) is 8.77. The Hall–Kier alpha value is -2.98. The first-order valence-corrected chi connectivity index (χ1v) is 12.5. The van der Waals surface area contributed by atoms with Crippen LogP contribution in [0.1, 0.15) is 58.1 Å². The third kappa shape index (κ3) is 3.56. The van der Waals surface area contributed by atoms with E-state index in [1.54, 1.807) is 4.90 Å². The summed E-state index contributed by atoms with van der Waals surface area (Å²) in [6, 6.07) is 3.83. The maximum absolute atomic E-state index is 14.9. The van der Waals surface area contributed by atoms with Crippen molar-refractivity contribution in [2.75, 3.05) is 32.0 Å². The van der Waals surface area contributed by atoms with Crippen LogP contribution in [0.5, 0.6) is 0 Å². The number of rotatable bonds is 4. The van der Waals surface area contributed by atoms with Gasteiger partial charge in [-0.15, -0.1) is 16.4 Å². The number of likely N-dealkylation sites (N-methyl/N-ethyl adjacent to an activating group) is 1. The lowest BCUT2D eigenvalue weighted by molar-refractivity contribution is 0.0760. The smallest absolute Gasteiger partial charge is 0.255 e. The van der Waals surface area contributed by atoms with Crippen molar-refractivity contribution in [3.8, 4) is 10.6 Å². The second-order valence-electron chi connectivity index (χ2n) is 9.58. The first kappa shape index (κ1) is 21.5. The molecule has 10 heteroatoms. The van der Waals surface area contributed by atoms with Gasteiger partial charge in [0, 0.05) is 29.8 Å². The van der Waals surface area contributed by atoms with E-state index in [0.717, 1.165) is 67.0 Å². The molecular weight excluding hydrogens is 453 g/mol. The second kappa shape index (κ2) is 8.06. The summed E-state index contributed by atoms with van der Waals surface area (Å²) in [6.07, 6.45) is 5.38. The summed E-state index contributed by atoms with van der Waals surface area (Å²) in [4.78, 5) is 25.0. The van der Waals surface area contributed by atoms with Crippen molar-refractivity contribution in [1.82, 2.24) is 30.4 Å². The molecule has 6 rings (SSSR count). The number of fused-ring (bicyclic) bond motifs is 2. The minimum atomic E-state index is -0.509. The molecule has 1 aliphatic carbocycles. The van der Waals surface area contributed by atoms with E-state index in [1.165, 1.54) is 17.5 Å². The second-order valence-corrected chi connectivity index (χ2v) is 10.6. The number of amides is 1. The van der Waals surface area contributed by atoms with Gasteiger partial charge in [0.25, 0.3) is 5.91 Å². The SMILES string of the molecule is Cc1c(-c2nc(Nc3ccc(C4CCNCC4)nn3)ncc2F)sc2c1C(=O)N(C)CC21CC1. The van der Waals surface area contributed by atoms with Gasteiger partial charge in [-0.25, -0.2) is 14.4 Å². The van der Waals surface area contributed by atoms with Gasteiger partial charge in [-0.1, -0.05) is 0 Å². The largest absolute Gasteiger partial charge is 0.341 e. The number of carbonyl (C=O) groups excluding carboxylic acids is 1. The van der Waals surface area contributed by atoms with Crippen molar-refractivity contribution in [3.63, 3.8) is 0 Å². The summed E-state index contributed by atoms with van der Waals surface area (Å²) in [7, 11) is 1.84. The summed E-state index contributed by atoms with van der Waals surface area (Å²) < 4.78 is 14.9. The average molecular weight is 480 g/mol. The highest BCUT2D eigenvalue weighted by atomic mass is 32.1. The Morgan fingerprint density at radius 3 is 2.74 bits per heavy atom. The molecule has 176 valence electrons. The number of hydrogen-bond acceptors (Lipinski definition) is 8. The number of thiophene rings is 1. The first-order valence-electron chi connectivity index (χ1n) is 11.7. The minimum Gasteiger partial charge on any atom is -0.341 e. The van der Waals surface area contributed by atoms with Gasteiger partial charge in [0.2, 0.25) is 5.95 Å². The van der Waals surface area contributed by atoms with E-state index in [4.69, 9.17) is 0 Å². The molecule has 3 aliphatic rings. The van der Waals surface area contributed by atoms with Crippen LogP contribution in [0.2, 0.25) is 0 Å². The number of hydrogen-bond donors (Lipinski definition) is 2. The fourth-order valence-corrected chi connectivity index (χ4v) is 6.67. The lowest BCUT2D eigenvalue weighted by Crippen LogP contribution is -2.40. The molecule has 0 aromatic carbocycles. The van der Waals surface area contributed by atoms with E-state index in [0.29, 0.717) is 16.6 Å². The van der Waals surface area contributed by atoms with Gasteiger partial charge in [-0.3, -0.25) is 4.79 Å². The molecule has 0 unspecified atom stereocenters. The number of nitrogens with one attached hydrogen (secondary N) is 2. The van der Waals surface area contributed by atoms with E-state index in [9.17, 15) is 9.18 Å². The van der Waals surface area contributed by atoms with Gasteiger partial charge >= 0.3 is 0 Å². The summed E-state index contributed by atoms with van der Waals surface area (Å²) in [5, 5.41) is 15.1. The lowest BCUT2D eigenvalue weighted by atomic mass is 9.92. The molecule has 3 aromatic heterocycles. The van der Waals surface area contributed by atoms with Crippen LogP contribution in [-0.4, -0.2) is 57.7 Å². The number of carbonyl (C=O) groups is 1. The van der Waals surface area contributed by atoms with Crippen LogP contribution >= 0.6 is 11.3 Å². The maximum Gasteiger partial charge on any atom is 0.255 e. The summed E-state index contributed by atoms with van der Waals surface area (Å²) in [5.74, 6) is 0.664. The number of halogens is 1. The topological polar surface area (TPSA) is 95.9 Å². The Kier molecular flexibility index (Phi) is 5.11. The minimum absolute atomic E-state index is 0.00412. The third-order valence-electron chi connectivity index (χ3n) is 7.22. The van der Waals surface area contributed by atoms with E-state index in [-0.39, 0.29) is 23.0 Å². The van der Waals surface area contributed by atoms with Crippen molar-refractivity contribution in [2.45, 2.75) is 43.9 Å². The van der Waals surface area contributed by atoms with E-state index >= 15 is 0 Å². The number of nitrogens with zero attached hydrogens (tertiary/aromatic N) is 5.